The number of amides is 1. The molecule has 1 aliphatic carbocycles. The zero-order valence-electron chi connectivity index (χ0n) is 13.3. The third kappa shape index (κ3) is 4.31. The summed E-state index contributed by atoms with van der Waals surface area (Å²) in [4.78, 5) is 14.9. The van der Waals surface area contributed by atoms with E-state index in [9.17, 15) is 4.79 Å². The molecule has 0 aliphatic heterocycles. The molecule has 2 unspecified atom stereocenters. The van der Waals surface area contributed by atoms with Crippen molar-refractivity contribution in [2.24, 2.45) is 11.7 Å². The zero-order valence-corrected chi connectivity index (χ0v) is 13.3. The molecule has 1 amide bonds. The maximum atomic E-state index is 12.8. The summed E-state index contributed by atoms with van der Waals surface area (Å²) in [7, 11) is 0. The molecule has 2 atom stereocenters. The number of nitrogens with two attached hydrogens (primary N) is 1. The van der Waals surface area contributed by atoms with Crippen molar-refractivity contribution in [3.8, 4) is 0 Å². The van der Waals surface area contributed by atoms with Crippen LogP contribution in [0.25, 0.3) is 0 Å². The Bertz CT molecular complexity index is 438. The summed E-state index contributed by atoms with van der Waals surface area (Å²) in [5, 5.41) is 0. The minimum absolute atomic E-state index is 0.0978. The second kappa shape index (κ2) is 7.60. The summed E-state index contributed by atoms with van der Waals surface area (Å²) >= 11 is 0. The van der Waals surface area contributed by atoms with E-state index in [0.717, 1.165) is 12.8 Å². The van der Waals surface area contributed by atoms with Crippen molar-refractivity contribution in [2.75, 3.05) is 0 Å². The molecule has 1 fully saturated rings. The van der Waals surface area contributed by atoms with E-state index in [1.807, 2.05) is 32.0 Å². The predicted molar refractivity (Wildman–Crippen MR) is 86.7 cm³/mol. The Labute approximate surface area is 128 Å². The molecule has 2 rings (SSSR count). The van der Waals surface area contributed by atoms with E-state index in [-0.39, 0.29) is 17.9 Å². The zero-order chi connectivity index (χ0) is 15.2. The first kappa shape index (κ1) is 16.0. The van der Waals surface area contributed by atoms with Crippen molar-refractivity contribution >= 4 is 5.91 Å². The Balaban J connectivity index is 2.15. The van der Waals surface area contributed by atoms with Crippen molar-refractivity contribution < 1.29 is 4.79 Å². The van der Waals surface area contributed by atoms with Crippen LogP contribution in [0.1, 0.15) is 51.5 Å². The highest BCUT2D eigenvalue weighted by Crippen LogP contribution is 2.26. The molecule has 3 nitrogen and oxygen atoms in total. The second-order valence-corrected chi connectivity index (χ2v) is 6.39. The van der Waals surface area contributed by atoms with Gasteiger partial charge in [-0.25, -0.2) is 0 Å². The third-order valence-corrected chi connectivity index (χ3v) is 4.67. The van der Waals surface area contributed by atoms with Crippen LogP contribution in [0.5, 0.6) is 0 Å². The molecule has 0 heterocycles. The Hall–Kier alpha value is -1.35. The van der Waals surface area contributed by atoms with E-state index in [2.05, 4.69) is 17.0 Å². The predicted octanol–water partition coefficient (Wildman–Crippen LogP) is 3.33. The number of benzene rings is 1. The molecule has 116 valence electrons. The fourth-order valence-corrected chi connectivity index (χ4v) is 3.05. The maximum Gasteiger partial charge on any atom is 0.227 e. The highest BCUT2D eigenvalue weighted by atomic mass is 16.2. The summed E-state index contributed by atoms with van der Waals surface area (Å²) in [6.07, 6.45) is 6.02. The van der Waals surface area contributed by atoms with Gasteiger partial charge in [-0.15, -0.1) is 0 Å². The molecule has 0 aromatic heterocycles. The molecule has 21 heavy (non-hydrogen) atoms. The van der Waals surface area contributed by atoms with Crippen LogP contribution in [0.2, 0.25) is 0 Å². The molecule has 0 saturated heterocycles. The van der Waals surface area contributed by atoms with Gasteiger partial charge in [-0.1, -0.05) is 56.5 Å². The van der Waals surface area contributed by atoms with Crippen LogP contribution in [-0.4, -0.2) is 22.9 Å². The number of carbonyl (C=O) groups is 1. The Morgan fingerprint density at radius 2 is 1.81 bits per heavy atom. The standard InChI is InChI=1S/C18H28N2O/c1-14(15(2)19)18(21)20(17-11-7-4-8-12-17)13-16-9-5-3-6-10-16/h3,5-6,9-10,14-15,17H,4,7-8,11-13,19H2,1-2H3. The van der Waals surface area contributed by atoms with Crippen molar-refractivity contribution in [3.63, 3.8) is 0 Å². The van der Waals surface area contributed by atoms with Crippen LogP contribution < -0.4 is 5.73 Å². The second-order valence-electron chi connectivity index (χ2n) is 6.39. The topological polar surface area (TPSA) is 46.3 Å². The normalized spacial score (nSPS) is 19.0. The number of hydrogen-bond donors (Lipinski definition) is 1. The molecular weight excluding hydrogens is 260 g/mol. The molecule has 1 aromatic rings. The molecule has 0 bridgehead atoms. The van der Waals surface area contributed by atoms with E-state index in [1.54, 1.807) is 0 Å². The van der Waals surface area contributed by atoms with E-state index in [0.29, 0.717) is 12.6 Å². The molecule has 1 aliphatic rings. The molecule has 1 saturated carbocycles. The first-order valence-corrected chi connectivity index (χ1v) is 8.19. The first-order valence-electron chi connectivity index (χ1n) is 8.19. The minimum atomic E-state index is -0.115. The quantitative estimate of drug-likeness (QED) is 0.903. The Morgan fingerprint density at radius 3 is 2.38 bits per heavy atom. The van der Waals surface area contributed by atoms with Gasteiger partial charge in [-0.3, -0.25) is 4.79 Å². The molecular formula is C18H28N2O. The van der Waals surface area contributed by atoms with Crippen LogP contribution in [0.15, 0.2) is 30.3 Å². The smallest absolute Gasteiger partial charge is 0.227 e. The summed E-state index contributed by atoms with van der Waals surface area (Å²) in [5.41, 5.74) is 7.15. The van der Waals surface area contributed by atoms with Crippen LogP contribution in [0.3, 0.4) is 0 Å². The number of nitrogens with zero attached hydrogens (tertiary/aromatic N) is 1. The van der Waals surface area contributed by atoms with Gasteiger partial charge in [0.25, 0.3) is 0 Å². The average Bonchev–Trinajstić information content (AvgIpc) is 2.53. The van der Waals surface area contributed by atoms with Crippen molar-refractivity contribution in [1.82, 2.24) is 4.90 Å². The van der Waals surface area contributed by atoms with Gasteiger partial charge in [0.15, 0.2) is 0 Å². The lowest BCUT2D eigenvalue weighted by Gasteiger charge is -2.37. The maximum absolute atomic E-state index is 12.8. The van der Waals surface area contributed by atoms with Crippen molar-refractivity contribution in [1.29, 1.82) is 0 Å². The molecule has 1 aromatic carbocycles. The first-order chi connectivity index (χ1) is 10.1. The summed E-state index contributed by atoms with van der Waals surface area (Å²) in [5.74, 6) is 0.0939. The molecule has 3 heteroatoms. The summed E-state index contributed by atoms with van der Waals surface area (Å²) in [6.45, 7) is 4.58. The Morgan fingerprint density at radius 1 is 1.19 bits per heavy atom. The highest BCUT2D eigenvalue weighted by Gasteiger charge is 2.29. The SMILES string of the molecule is CC(N)C(C)C(=O)N(Cc1ccccc1)C1CCCCC1. The lowest BCUT2D eigenvalue weighted by atomic mass is 9.92. The van der Waals surface area contributed by atoms with E-state index >= 15 is 0 Å². The highest BCUT2D eigenvalue weighted by molar-refractivity contribution is 5.79. The summed E-state index contributed by atoms with van der Waals surface area (Å²) < 4.78 is 0. The number of rotatable bonds is 5. The average molecular weight is 288 g/mol. The van der Waals surface area contributed by atoms with Crippen LogP contribution in [0, 0.1) is 5.92 Å². The lowest BCUT2D eigenvalue weighted by Crippen LogP contribution is -2.47. The largest absolute Gasteiger partial charge is 0.335 e. The third-order valence-electron chi connectivity index (χ3n) is 4.67. The van der Waals surface area contributed by atoms with Gasteiger partial charge in [0, 0.05) is 18.6 Å². The van der Waals surface area contributed by atoms with Gasteiger partial charge in [-0.05, 0) is 25.3 Å². The number of carbonyl (C=O) groups excluding carboxylic acids is 1. The van der Waals surface area contributed by atoms with Gasteiger partial charge in [0.2, 0.25) is 5.91 Å². The van der Waals surface area contributed by atoms with E-state index < -0.39 is 0 Å². The van der Waals surface area contributed by atoms with Crippen LogP contribution in [0.4, 0.5) is 0 Å². The fourth-order valence-electron chi connectivity index (χ4n) is 3.05. The van der Waals surface area contributed by atoms with Gasteiger partial charge in [0.05, 0.1) is 5.92 Å². The Kier molecular flexibility index (Phi) is 5.80. The fraction of sp³-hybridized carbons (Fsp3) is 0.611. The molecule has 0 spiro atoms. The van der Waals surface area contributed by atoms with Crippen molar-refractivity contribution in [3.05, 3.63) is 35.9 Å². The van der Waals surface area contributed by atoms with E-state index in [1.165, 1.54) is 24.8 Å². The van der Waals surface area contributed by atoms with Gasteiger partial charge in [0.1, 0.15) is 0 Å². The van der Waals surface area contributed by atoms with Crippen LogP contribution in [-0.2, 0) is 11.3 Å². The monoisotopic (exact) mass is 288 g/mol. The minimum Gasteiger partial charge on any atom is -0.335 e. The van der Waals surface area contributed by atoms with Gasteiger partial charge >= 0.3 is 0 Å². The van der Waals surface area contributed by atoms with Gasteiger partial charge in [-0.2, -0.15) is 0 Å². The van der Waals surface area contributed by atoms with Crippen LogP contribution >= 0.6 is 0 Å². The molecule has 2 N–H and O–H groups in total. The molecule has 0 radical (unpaired) electrons. The van der Waals surface area contributed by atoms with Crippen molar-refractivity contribution in [2.45, 2.75) is 64.6 Å². The van der Waals surface area contributed by atoms with Gasteiger partial charge < -0.3 is 10.6 Å². The number of hydrogen-bond acceptors (Lipinski definition) is 2. The summed E-state index contributed by atoms with van der Waals surface area (Å²) in [6, 6.07) is 10.6. The van der Waals surface area contributed by atoms with E-state index in [4.69, 9.17) is 5.73 Å². The lowest BCUT2D eigenvalue weighted by molar-refractivity contribution is -0.139.